The minimum Gasteiger partial charge on any atom is -0.457 e. The van der Waals surface area contributed by atoms with Crippen molar-refractivity contribution in [1.82, 2.24) is 5.32 Å². The summed E-state index contributed by atoms with van der Waals surface area (Å²) in [6.07, 6.45) is 4.01. The number of esters is 2. The van der Waals surface area contributed by atoms with Gasteiger partial charge in [0.25, 0.3) is 0 Å². The Balaban J connectivity index is 2.53. The van der Waals surface area contributed by atoms with Crippen LogP contribution in [0.2, 0.25) is 0 Å². The molecule has 132 valence electrons. The molecule has 1 saturated carbocycles. The predicted molar refractivity (Wildman–Crippen MR) is 82.5 cm³/mol. The van der Waals surface area contributed by atoms with E-state index in [0.717, 1.165) is 32.1 Å². The van der Waals surface area contributed by atoms with Gasteiger partial charge in [-0.3, -0.25) is 9.59 Å². The summed E-state index contributed by atoms with van der Waals surface area (Å²) in [6.45, 7) is 4.73. The number of carbonyl (C=O) groups excluding carboxylic acids is 3. The lowest BCUT2D eigenvalue weighted by Gasteiger charge is -2.36. The van der Waals surface area contributed by atoms with E-state index in [2.05, 4.69) is 5.32 Å². The van der Waals surface area contributed by atoms with Gasteiger partial charge in [-0.1, -0.05) is 13.3 Å². The van der Waals surface area contributed by atoms with Crippen molar-refractivity contribution in [2.24, 2.45) is 0 Å². The first-order chi connectivity index (χ1) is 10.9. The lowest BCUT2D eigenvalue weighted by Crippen LogP contribution is -2.48. The van der Waals surface area contributed by atoms with Crippen LogP contribution in [0, 0.1) is 0 Å². The van der Waals surface area contributed by atoms with Crippen molar-refractivity contribution in [2.75, 3.05) is 6.54 Å². The van der Waals surface area contributed by atoms with E-state index < -0.39 is 24.0 Å². The summed E-state index contributed by atoms with van der Waals surface area (Å²) in [5.74, 6) is -0.856. The number of alkyl carbamates (subject to hydrolysis) is 1. The number of amides is 1. The van der Waals surface area contributed by atoms with Crippen LogP contribution in [0.5, 0.6) is 0 Å². The number of hydrogen-bond donors (Lipinski definition) is 1. The highest BCUT2D eigenvalue weighted by Gasteiger charge is 2.36. The number of carbonyl (C=O) groups is 3. The van der Waals surface area contributed by atoms with Gasteiger partial charge in [0.15, 0.2) is 0 Å². The zero-order valence-electron chi connectivity index (χ0n) is 14.2. The molecule has 1 aliphatic rings. The van der Waals surface area contributed by atoms with Gasteiger partial charge in [0, 0.05) is 20.3 Å². The lowest BCUT2D eigenvalue weighted by atomic mass is 9.84. The van der Waals surface area contributed by atoms with E-state index in [1.807, 2.05) is 6.92 Å². The van der Waals surface area contributed by atoms with Crippen LogP contribution in [-0.2, 0) is 23.8 Å². The van der Waals surface area contributed by atoms with Gasteiger partial charge in [-0.15, -0.1) is 0 Å². The fraction of sp³-hybridized carbons (Fsp3) is 0.812. The third kappa shape index (κ3) is 7.34. The molecule has 7 heteroatoms. The highest BCUT2D eigenvalue weighted by molar-refractivity contribution is 5.69. The monoisotopic (exact) mass is 329 g/mol. The molecular weight excluding hydrogens is 302 g/mol. The molecule has 0 radical (unpaired) electrons. The van der Waals surface area contributed by atoms with Crippen LogP contribution in [-0.4, -0.2) is 36.5 Å². The Bertz CT molecular complexity index is 417. The molecule has 0 aromatic heterocycles. The van der Waals surface area contributed by atoms with Crippen molar-refractivity contribution in [3.8, 4) is 0 Å². The summed E-state index contributed by atoms with van der Waals surface area (Å²) in [7, 11) is 0. The van der Waals surface area contributed by atoms with Crippen LogP contribution < -0.4 is 5.32 Å². The van der Waals surface area contributed by atoms with Gasteiger partial charge in [0.1, 0.15) is 5.60 Å². The van der Waals surface area contributed by atoms with Crippen LogP contribution in [0.1, 0.15) is 65.7 Å². The Kier molecular flexibility index (Phi) is 7.85. The molecule has 1 fully saturated rings. The van der Waals surface area contributed by atoms with Gasteiger partial charge in [-0.2, -0.15) is 0 Å². The van der Waals surface area contributed by atoms with Crippen molar-refractivity contribution in [1.29, 1.82) is 0 Å². The largest absolute Gasteiger partial charge is 0.457 e. The standard InChI is InChI=1S/C16H27NO6/c1-4-8-14(21-12(2)18)22-15(20)17-11-16(23-13(3)19)9-6-5-7-10-16/h14H,4-11H2,1-3H3,(H,17,20). The van der Waals surface area contributed by atoms with Gasteiger partial charge in [-0.05, 0) is 32.1 Å². The SMILES string of the molecule is CCCC(OC(C)=O)OC(=O)NCC1(OC(C)=O)CCCCC1. The third-order valence-electron chi connectivity index (χ3n) is 3.74. The number of ether oxygens (including phenoxy) is 3. The number of hydrogen-bond acceptors (Lipinski definition) is 6. The quantitative estimate of drug-likeness (QED) is 0.570. The molecule has 1 N–H and O–H groups in total. The van der Waals surface area contributed by atoms with Gasteiger partial charge >= 0.3 is 18.0 Å². The average molecular weight is 329 g/mol. The summed E-state index contributed by atoms with van der Waals surface area (Å²) in [5.41, 5.74) is -0.662. The van der Waals surface area contributed by atoms with E-state index in [0.29, 0.717) is 12.8 Å². The minimum absolute atomic E-state index is 0.199. The molecular formula is C16H27NO6. The first-order valence-electron chi connectivity index (χ1n) is 8.18. The van der Waals surface area contributed by atoms with Crippen molar-refractivity contribution >= 4 is 18.0 Å². The third-order valence-corrected chi connectivity index (χ3v) is 3.74. The number of rotatable bonds is 7. The molecule has 0 spiro atoms. The zero-order chi connectivity index (χ0) is 17.3. The second-order valence-electron chi connectivity index (χ2n) is 5.92. The van der Waals surface area contributed by atoms with Crippen molar-refractivity contribution in [3.63, 3.8) is 0 Å². The van der Waals surface area contributed by atoms with E-state index >= 15 is 0 Å². The summed E-state index contributed by atoms with van der Waals surface area (Å²) in [6, 6.07) is 0. The Labute approximate surface area is 137 Å². The highest BCUT2D eigenvalue weighted by Crippen LogP contribution is 2.31. The molecule has 0 bridgehead atoms. The molecule has 1 amide bonds. The molecule has 1 aliphatic carbocycles. The lowest BCUT2D eigenvalue weighted by molar-refractivity contribution is -0.167. The molecule has 1 atom stereocenters. The van der Waals surface area contributed by atoms with Crippen molar-refractivity contribution in [2.45, 2.75) is 77.6 Å². The van der Waals surface area contributed by atoms with Gasteiger partial charge in [-0.25, -0.2) is 4.79 Å². The summed E-state index contributed by atoms with van der Waals surface area (Å²) >= 11 is 0. The van der Waals surface area contributed by atoms with Crippen LogP contribution >= 0.6 is 0 Å². The Morgan fingerprint density at radius 2 is 1.70 bits per heavy atom. The highest BCUT2D eigenvalue weighted by atomic mass is 16.7. The maximum Gasteiger partial charge on any atom is 0.410 e. The second kappa shape index (κ2) is 9.37. The smallest absolute Gasteiger partial charge is 0.410 e. The minimum atomic E-state index is -0.895. The molecule has 1 rings (SSSR count). The molecule has 1 unspecified atom stereocenters. The summed E-state index contributed by atoms with van der Waals surface area (Å²) < 4.78 is 15.5. The van der Waals surface area contributed by atoms with Crippen LogP contribution in [0.3, 0.4) is 0 Å². The average Bonchev–Trinajstić information content (AvgIpc) is 2.45. The fourth-order valence-electron chi connectivity index (χ4n) is 2.77. The summed E-state index contributed by atoms with van der Waals surface area (Å²) in [4.78, 5) is 34.2. The predicted octanol–water partition coefficient (Wildman–Crippen LogP) is 2.67. The van der Waals surface area contributed by atoms with Crippen molar-refractivity contribution < 1.29 is 28.6 Å². The molecule has 0 aromatic carbocycles. The Morgan fingerprint density at radius 1 is 1.04 bits per heavy atom. The first-order valence-corrected chi connectivity index (χ1v) is 8.18. The normalized spacial score (nSPS) is 17.7. The zero-order valence-corrected chi connectivity index (χ0v) is 14.2. The molecule has 0 aromatic rings. The van der Waals surface area contributed by atoms with E-state index in [1.165, 1.54) is 13.8 Å². The van der Waals surface area contributed by atoms with E-state index in [1.54, 1.807) is 0 Å². The van der Waals surface area contributed by atoms with Crippen LogP contribution in [0.15, 0.2) is 0 Å². The van der Waals surface area contributed by atoms with E-state index in [-0.39, 0.29) is 12.5 Å². The van der Waals surface area contributed by atoms with E-state index in [4.69, 9.17) is 14.2 Å². The van der Waals surface area contributed by atoms with Crippen LogP contribution in [0.4, 0.5) is 4.79 Å². The first kappa shape index (κ1) is 19.3. The molecule has 0 heterocycles. The van der Waals surface area contributed by atoms with E-state index in [9.17, 15) is 14.4 Å². The van der Waals surface area contributed by atoms with Gasteiger partial charge in [0.2, 0.25) is 6.29 Å². The summed E-state index contributed by atoms with van der Waals surface area (Å²) in [5, 5.41) is 2.63. The molecule has 23 heavy (non-hydrogen) atoms. The maximum absolute atomic E-state index is 11.9. The van der Waals surface area contributed by atoms with Gasteiger partial charge in [0.05, 0.1) is 6.54 Å². The van der Waals surface area contributed by atoms with Crippen molar-refractivity contribution in [3.05, 3.63) is 0 Å². The number of nitrogens with one attached hydrogen (secondary N) is 1. The molecule has 0 saturated heterocycles. The van der Waals surface area contributed by atoms with Gasteiger partial charge < -0.3 is 19.5 Å². The molecule has 0 aliphatic heterocycles. The van der Waals surface area contributed by atoms with Crippen LogP contribution in [0.25, 0.3) is 0 Å². The topological polar surface area (TPSA) is 90.9 Å². The Morgan fingerprint density at radius 3 is 2.22 bits per heavy atom. The molecule has 7 nitrogen and oxygen atoms in total. The second-order valence-corrected chi connectivity index (χ2v) is 5.92. The fourth-order valence-corrected chi connectivity index (χ4v) is 2.77. The maximum atomic E-state index is 11.9. The Hall–Kier alpha value is -1.79.